The maximum Gasteiger partial charge on any atom is 0.433 e. The molecule has 7 heteroatoms. The number of alkyl halides is 1. The molecule has 0 bridgehead atoms. The fraction of sp³-hybridized carbons (Fsp3) is 0.583. The van der Waals surface area contributed by atoms with Crippen LogP contribution in [0.15, 0.2) is 16.5 Å². The van der Waals surface area contributed by atoms with Crippen LogP contribution in [0.2, 0.25) is 0 Å². The molecule has 1 heterocycles. The van der Waals surface area contributed by atoms with Crippen LogP contribution in [0.1, 0.15) is 36.2 Å². The van der Waals surface area contributed by atoms with Gasteiger partial charge in [-0.25, -0.2) is 0 Å². The molecular weight excluding hydrogens is 272 g/mol. The van der Waals surface area contributed by atoms with Gasteiger partial charge >= 0.3 is 5.88 Å². The second kappa shape index (κ2) is 5.61. The van der Waals surface area contributed by atoms with Crippen molar-refractivity contribution >= 4 is 23.4 Å². The van der Waals surface area contributed by atoms with Gasteiger partial charge in [-0.2, -0.15) is 0 Å². The van der Waals surface area contributed by atoms with Gasteiger partial charge in [0.25, 0.3) is 5.91 Å². The van der Waals surface area contributed by atoms with Crippen molar-refractivity contribution in [2.75, 3.05) is 7.05 Å². The summed E-state index contributed by atoms with van der Waals surface area (Å²) < 4.78 is 4.92. The van der Waals surface area contributed by atoms with Crippen LogP contribution in [0, 0.1) is 10.1 Å². The largest absolute Gasteiger partial charge is 0.433 e. The van der Waals surface area contributed by atoms with Gasteiger partial charge in [0.05, 0.1) is 11.4 Å². The molecule has 2 rings (SSSR count). The molecule has 104 valence electrons. The van der Waals surface area contributed by atoms with E-state index in [1.54, 1.807) is 7.05 Å². The number of hydrogen-bond acceptors (Lipinski definition) is 4. The van der Waals surface area contributed by atoms with Crippen molar-refractivity contribution < 1.29 is 14.1 Å². The molecule has 1 fully saturated rings. The van der Waals surface area contributed by atoms with Gasteiger partial charge in [-0.3, -0.25) is 14.9 Å². The van der Waals surface area contributed by atoms with Gasteiger partial charge in [0.2, 0.25) is 0 Å². The fourth-order valence-electron chi connectivity index (χ4n) is 2.37. The second-order valence-corrected chi connectivity index (χ2v) is 5.24. The molecule has 1 amide bonds. The third-order valence-electron chi connectivity index (χ3n) is 3.45. The SMILES string of the molecule is CN(C(=O)c1ccc([N+](=O)[O-])o1)C1CCCCC1Cl. The van der Waals surface area contributed by atoms with Crippen LogP contribution in [-0.2, 0) is 0 Å². The first kappa shape index (κ1) is 13.9. The molecule has 0 aromatic carbocycles. The van der Waals surface area contributed by atoms with Crippen molar-refractivity contribution in [2.45, 2.75) is 37.1 Å². The van der Waals surface area contributed by atoms with Crippen LogP contribution < -0.4 is 0 Å². The summed E-state index contributed by atoms with van der Waals surface area (Å²) in [5, 5.41) is 10.4. The van der Waals surface area contributed by atoms with Crippen molar-refractivity contribution in [1.82, 2.24) is 4.90 Å². The highest BCUT2D eigenvalue weighted by molar-refractivity contribution is 6.21. The first-order valence-corrected chi connectivity index (χ1v) is 6.60. The minimum absolute atomic E-state index is 0.0244. The van der Waals surface area contributed by atoms with Gasteiger partial charge < -0.3 is 9.32 Å². The first-order valence-electron chi connectivity index (χ1n) is 6.16. The smallest absolute Gasteiger partial charge is 0.395 e. The average molecular weight is 287 g/mol. The van der Waals surface area contributed by atoms with E-state index >= 15 is 0 Å². The van der Waals surface area contributed by atoms with Gasteiger partial charge in [0.15, 0.2) is 5.76 Å². The van der Waals surface area contributed by atoms with Crippen LogP contribution in [0.4, 0.5) is 5.88 Å². The van der Waals surface area contributed by atoms with Crippen molar-refractivity contribution in [1.29, 1.82) is 0 Å². The predicted molar refractivity (Wildman–Crippen MR) is 69.4 cm³/mol. The molecule has 0 aliphatic heterocycles. The number of nitrogens with zero attached hydrogens (tertiary/aromatic N) is 2. The quantitative estimate of drug-likeness (QED) is 0.486. The molecule has 1 aromatic rings. The van der Waals surface area contributed by atoms with Gasteiger partial charge in [-0.1, -0.05) is 12.8 Å². The number of hydrogen-bond donors (Lipinski definition) is 0. The normalized spacial score (nSPS) is 23.1. The molecule has 6 nitrogen and oxygen atoms in total. The lowest BCUT2D eigenvalue weighted by molar-refractivity contribution is -0.402. The molecule has 2 unspecified atom stereocenters. The lowest BCUT2D eigenvalue weighted by atomic mass is 9.94. The number of carbonyl (C=O) groups is 1. The molecule has 1 aromatic heterocycles. The van der Waals surface area contributed by atoms with Gasteiger partial charge in [0, 0.05) is 13.1 Å². The van der Waals surface area contributed by atoms with E-state index in [1.165, 1.54) is 17.0 Å². The van der Waals surface area contributed by atoms with Crippen LogP contribution in [0.25, 0.3) is 0 Å². The topological polar surface area (TPSA) is 76.6 Å². The minimum Gasteiger partial charge on any atom is -0.395 e. The molecule has 1 saturated carbocycles. The lowest BCUT2D eigenvalue weighted by Gasteiger charge is -2.34. The Morgan fingerprint density at radius 1 is 1.47 bits per heavy atom. The van der Waals surface area contributed by atoms with Crippen molar-refractivity contribution in [3.8, 4) is 0 Å². The number of furan rings is 1. The van der Waals surface area contributed by atoms with E-state index in [4.69, 9.17) is 16.0 Å². The van der Waals surface area contributed by atoms with Gasteiger partial charge in [-0.05, 0) is 18.9 Å². The molecule has 0 spiro atoms. The van der Waals surface area contributed by atoms with Crippen LogP contribution >= 0.6 is 11.6 Å². The molecule has 0 N–H and O–H groups in total. The van der Waals surface area contributed by atoms with E-state index in [2.05, 4.69) is 0 Å². The summed E-state index contributed by atoms with van der Waals surface area (Å²) in [5.41, 5.74) is 0. The Balaban J connectivity index is 2.11. The molecule has 1 aliphatic carbocycles. The monoisotopic (exact) mass is 286 g/mol. The zero-order valence-electron chi connectivity index (χ0n) is 10.5. The van der Waals surface area contributed by atoms with E-state index in [9.17, 15) is 14.9 Å². The van der Waals surface area contributed by atoms with Gasteiger partial charge in [-0.15, -0.1) is 11.6 Å². The van der Waals surface area contributed by atoms with E-state index in [0.29, 0.717) is 0 Å². The average Bonchev–Trinajstić information content (AvgIpc) is 2.87. The van der Waals surface area contributed by atoms with E-state index in [1.807, 2.05) is 0 Å². The van der Waals surface area contributed by atoms with Gasteiger partial charge in [0.1, 0.15) is 4.92 Å². The predicted octanol–water partition coefficient (Wildman–Crippen LogP) is 2.81. The third-order valence-corrected chi connectivity index (χ3v) is 3.96. The summed E-state index contributed by atoms with van der Waals surface area (Å²) in [5.74, 6) is -0.822. The Morgan fingerprint density at radius 3 is 2.74 bits per heavy atom. The molecular formula is C12H15ClN2O4. The van der Waals surface area contributed by atoms with Crippen LogP contribution in [0.5, 0.6) is 0 Å². The Kier molecular flexibility index (Phi) is 4.09. The highest BCUT2D eigenvalue weighted by atomic mass is 35.5. The minimum atomic E-state index is -0.665. The zero-order chi connectivity index (χ0) is 14.0. The molecule has 2 atom stereocenters. The number of nitro groups is 1. The number of rotatable bonds is 3. The maximum absolute atomic E-state index is 12.2. The Hall–Kier alpha value is -1.56. The summed E-state index contributed by atoms with van der Waals surface area (Å²) in [6, 6.07) is 2.45. The highest BCUT2D eigenvalue weighted by Gasteiger charge is 2.31. The van der Waals surface area contributed by atoms with Crippen LogP contribution in [0.3, 0.4) is 0 Å². The van der Waals surface area contributed by atoms with Crippen molar-refractivity contribution in [3.05, 3.63) is 28.0 Å². The molecule has 19 heavy (non-hydrogen) atoms. The van der Waals surface area contributed by atoms with Crippen molar-refractivity contribution in [2.24, 2.45) is 0 Å². The summed E-state index contributed by atoms with van der Waals surface area (Å²) in [6.07, 6.45) is 3.82. The van der Waals surface area contributed by atoms with E-state index < -0.39 is 10.8 Å². The second-order valence-electron chi connectivity index (χ2n) is 4.68. The summed E-state index contributed by atoms with van der Waals surface area (Å²) in [4.78, 5) is 23.6. The third kappa shape index (κ3) is 2.89. The molecule has 1 aliphatic rings. The Bertz CT molecular complexity index is 488. The summed E-state index contributed by atoms with van der Waals surface area (Å²) >= 11 is 6.23. The van der Waals surface area contributed by atoms with Crippen molar-refractivity contribution in [3.63, 3.8) is 0 Å². The Labute approximate surface area is 115 Å². The number of amides is 1. The summed E-state index contributed by atoms with van der Waals surface area (Å²) in [7, 11) is 1.65. The molecule has 0 radical (unpaired) electrons. The van der Waals surface area contributed by atoms with Crippen LogP contribution in [-0.4, -0.2) is 34.2 Å². The summed E-state index contributed by atoms with van der Waals surface area (Å²) in [6.45, 7) is 0. The van der Waals surface area contributed by atoms with E-state index in [-0.39, 0.29) is 23.1 Å². The lowest BCUT2D eigenvalue weighted by Crippen LogP contribution is -2.44. The number of halogens is 1. The molecule has 0 saturated heterocycles. The standard InChI is InChI=1S/C12H15ClN2O4/c1-14(9-5-3-2-4-8(9)13)12(16)10-6-7-11(19-10)15(17)18/h6-9H,2-5H2,1H3. The Morgan fingerprint density at radius 2 is 2.16 bits per heavy atom. The zero-order valence-corrected chi connectivity index (χ0v) is 11.3. The fourth-order valence-corrected chi connectivity index (χ4v) is 2.82. The highest BCUT2D eigenvalue weighted by Crippen LogP contribution is 2.28. The van der Waals surface area contributed by atoms with E-state index in [0.717, 1.165) is 25.7 Å². The number of carbonyl (C=O) groups excluding carboxylic acids is 1. The maximum atomic E-state index is 12.2. The first-order chi connectivity index (χ1) is 9.00.